The zero-order chi connectivity index (χ0) is 22.2. The summed E-state index contributed by atoms with van der Waals surface area (Å²) in [6.07, 6.45) is 4.59. The Labute approximate surface area is 184 Å². The molecule has 0 spiro atoms. The first-order valence-electron chi connectivity index (χ1n) is 10.5. The fourth-order valence-corrected chi connectivity index (χ4v) is 4.37. The van der Waals surface area contributed by atoms with Gasteiger partial charge in [0.05, 0.1) is 17.6 Å². The summed E-state index contributed by atoms with van der Waals surface area (Å²) < 4.78 is 28.9. The molecule has 1 aromatic heterocycles. The van der Waals surface area contributed by atoms with Gasteiger partial charge >= 0.3 is 0 Å². The number of benzene rings is 3. The van der Waals surface area contributed by atoms with Crippen molar-refractivity contribution < 1.29 is 13.6 Å². The number of hydrogen-bond acceptors (Lipinski definition) is 3. The van der Waals surface area contributed by atoms with E-state index in [4.69, 9.17) is 0 Å². The van der Waals surface area contributed by atoms with Crippen molar-refractivity contribution >= 4 is 22.4 Å². The first-order chi connectivity index (χ1) is 15.5. The standard InChI is InChI=1S/C25H22F2N4O/c1-30-12-19(28-15-30)13-31-9-8-17-10-16-4-2-3-5-20(16)24(21(17)14-31)25(32)29-18-6-7-22(26)23(27)11-18/h2-7,10-12,15H,8-9,13-14H2,1H3,(H,29,32). The van der Waals surface area contributed by atoms with E-state index in [1.807, 2.05) is 42.1 Å². The van der Waals surface area contributed by atoms with Crippen LogP contribution in [0.25, 0.3) is 10.8 Å². The molecule has 3 aromatic carbocycles. The molecule has 0 atom stereocenters. The van der Waals surface area contributed by atoms with Crippen LogP contribution in [0.15, 0.2) is 61.1 Å². The number of halogens is 2. The molecule has 0 bridgehead atoms. The second-order valence-corrected chi connectivity index (χ2v) is 8.18. The molecular formula is C25H22F2N4O. The van der Waals surface area contributed by atoms with Crippen molar-refractivity contribution in [3.63, 3.8) is 0 Å². The van der Waals surface area contributed by atoms with Crippen molar-refractivity contribution in [1.29, 1.82) is 0 Å². The lowest BCUT2D eigenvalue weighted by Gasteiger charge is -2.30. The Balaban J connectivity index is 1.52. The molecule has 32 heavy (non-hydrogen) atoms. The SMILES string of the molecule is Cn1cnc(CN2CCc3cc4ccccc4c(C(=O)Nc4ccc(F)c(F)c4)c3C2)c1. The van der Waals surface area contributed by atoms with E-state index in [1.165, 1.54) is 6.07 Å². The molecule has 5 nitrogen and oxygen atoms in total. The predicted molar refractivity (Wildman–Crippen MR) is 119 cm³/mol. The van der Waals surface area contributed by atoms with Crippen LogP contribution < -0.4 is 5.32 Å². The van der Waals surface area contributed by atoms with E-state index in [9.17, 15) is 13.6 Å². The van der Waals surface area contributed by atoms with E-state index < -0.39 is 11.6 Å². The fourth-order valence-electron chi connectivity index (χ4n) is 4.37. The van der Waals surface area contributed by atoms with E-state index in [-0.39, 0.29) is 11.6 Å². The maximum Gasteiger partial charge on any atom is 0.256 e. The molecule has 0 radical (unpaired) electrons. The van der Waals surface area contributed by atoms with Crippen molar-refractivity contribution in [3.8, 4) is 0 Å². The number of nitrogens with one attached hydrogen (secondary N) is 1. The number of aromatic nitrogens is 2. The van der Waals surface area contributed by atoms with E-state index in [1.54, 1.807) is 6.33 Å². The summed E-state index contributed by atoms with van der Waals surface area (Å²) in [6.45, 7) is 2.17. The third kappa shape index (κ3) is 3.87. The van der Waals surface area contributed by atoms with Gasteiger partial charge in [-0.15, -0.1) is 0 Å². The zero-order valence-corrected chi connectivity index (χ0v) is 17.6. The summed E-state index contributed by atoms with van der Waals surface area (Å²) in [4.78, 5) is 20.1. The van der Waals surface area contributed by atoms with Gasteiger partial charge in [-0.2, -0.15) is 0 Å². The lowest BCUT2D eigenvalue weighted by molar-refractivity contribution is 0.102. The van der Waals surface area contributed by atoms with E-state index in [0.717, 1.165) is 52.7 Å². The molecule has 0 saturated heterocycles. The average molecular weight is 432 g/mol. The second-order valence-electron chi connectivity index (χ2n) is 8.18. The largest absolute Gasteiger partial charge is 0.340 e. The molecule has 1 aliphatic heterocycles. The number of fused-ring (bicyclic) bond motifs is 2. The Bertz CT molecular complexity index is 1330. The molecule has 4 aromatic rings. The van der Waals surface area contributed by atoms with Crippen molar-refractivity contribution in [2.24, 2.45) is 7.05 Å². The summed E-state index contributed by atoms with van der Waals surface area (Å²) in [6, 6.07) is 13.3. The number of hydrogen-bond donors (Lipinski definition) is 1. The van der Waals surface area contributed by atoms with E-state index in [2.05, 4.69) is 21.3 Å². The Morgan fingerprint density at radius 3 is 2.75 bits per heavy atom. The lowest BCUT2D eigenvalue weighted by Crippen LogP contribution is -2.32. The molecule has 0 saturated carbocycles. The summed E-state index contributed by atoms with van der Waals surface area (Å²) in [7, 11) is 1.94. The van der Waals surface area contributed by atoms with Crippen LogP contribution in [0.1, 0.15) is 27.2 Å². The number of amides is 1. The second kappa shape index (κ2) is 8.16. The summed E-state index contributed by atoms with van der Waals surface area (Å²) in [5.41, 5.74) is 3.87. The van der Waals surface area contributed by atoms with Gasteiger partial charge in [-0.05, 0) is 40.5 Å². The molecule has 1 aliphatic rings. The first kappa shape index (κ1) is 20.3. The molecule has 0 aliphatic carbocycles. The number of aryl methyl sites for hydroxylation is 1. The third-order valence-corrected chi connectivity index (χ3v) is 5.88. The molecule has 2 heterocycles. The van der Waals surface area contributed by atoms with E-state index >= 15 is 0 Å². The molecule has 162 valence electrons. The van der Waals surface area contributed by atoms with Gasteiger partial charge < -0.3 is 9.88 Å². The number of rotatable bonds is 4. The number of carbonyl (C=O) groups is 1. The van der Waals surface area contributed by atoms with Crippen LogP contribution in [0.4, 0.5) is 14.5 Å². The summed E-state index contributed by atoms with van der Waals surface area (Å²) >= 11 is 0. The molecule has 0 unspecified atom stereocenters. The van der Waals surface area contributed by atoms with E-state index in [0.29, 0.717) is 18.7 Å². The molecule has 0 fully saturated rings. The van der Waals surface area contributed by atoms with Crippen LogP contribution in [0, 0.1) is 11.6 Å². The number of nitrogens with zero attached hydrogens (tertiary/aromatic N) is 3. The van der Waals surface area contributed by atoms with Gasteiger partial charge in [0.15, 0.2) is 11.6 Å². The Morgan fingerprint density at radius 1 is 1.12 bits per heavy atom. The fraction of sp³-hybridized carbons (Fsp3) is 0.200. The highest BCUT2D eigenvalue weighted by Gasteiger charge is 2.25. The van der Waals surface area contributed by atoms with Crippen molar-refractivity contribution in [2.45, 2.75) is 19.5 Å². The minimum Gasteiger partial charge on any atom is -0.340 e. The highest BCUT2D eigenvalue weighted by Crippen LogP contribution is 2.31. The van der Waals surface area contributed by atoms with Crippen LogP contribution in [-0.4, -0.2) is 26.9 Å². The summed E-state index contributed by atoms with van der Waals surface area (Å²) in [5.74, 6) is -2.27. The lowest BCUT2D eigenvalue weighted by atomic mass is 9.89. The number of imidazole rings is 1. The molecule has 7 heteroatoms. The first-order valence-corrected chi connectivity index (χ1v) is 10.5. The molecule has 1 N–H and O–H groups in total. The highest BCUT2D eigenvalue weighted by molar-refractivity contribution is 6.14. The van der Waals surface area contributed by atoms with Gasteiger partial charge in [-0.3, -0.25) is 9.69 Å². The summed E-state index contributed by atoms with van der Waals surface area (Å²) in [5, 5.41) is 4.58. The van der Waals surface area contributed by atoms with Gasteiger partial charge in [0.2, 0.25) is 0 Å². The zero-order valence-electron chi connectivity index (χ0n) is 17.6. The van der Waals surface area contributed by atoms with Crippen LogP contribution in [0.2, 0.25) is 0 Å². The number of anilines is 1. The maximum atomic E-state index is 13.7. The molecule has 1 amide bonds. The van der Waals surface area contributed by atoms with Gasteiger partial charge in [0, 0.05) is 44.6 Å². The molecule has 5 rings (SSSR count). The smallest absolute Gasteiger partial charge is 0.256 e. The number of carbonyl (C=O) groups excluding carboxylic acids is 1. The Hall–Kier alpha value is -3.58. The third-order valence-electron chi connectivity index (χ3n) is 5.88. The van der Waals surface area contributed by atoms with Gasteiger partial charge in [-0.25, -0.2) is 13.8 Å². The van der Waals surface area contributed by atoms with Crippen LogP contribution in [-0.2, 0) is 26.6 Å². The Morgan fingerprint density at radius 2 is 1.97 bits per heavy atom. The van der Waals surface area contributed by atoms with Crippen molar-refractivity contribution in [1.82, 2.24) is 14.5 Å². The Kier molecular flexibility index (Phi) is 5.19. The minimum absolute atomic E-state index is 0.219. The topological polar surface area (TPSA) is 50.2 Å². The predicted octanol–water partition coefficient (Wildman–Crippen LogP) is 4.66. The van der Waals surface area contributed by atoms with Crippen LogP contribution in [0.3, 0.4) is 0 Å². The highest BCUT2D eigenvalue weighted by atomic mass is 19.2. The normalized spacial score (nSPS) is 13.8. The molecular weight excluding hydrogens is 410 g/mol. The van der Waals surface area contributed by atoms with Crippen molar-refractivity contribution in [2.75, 3.05) is 11.9 Å². The average Bonchev–Trinajstić information content (AvgIpc) is 3.19. The minimum atomic E-state index is -0.996. The van der Waals surface area contributed by atoms with Crippen molar-refractivity contribution in [3.05, 3.63) is 95.1 Å². The van der Waals surface area contributed by atoms with Crippen LogP contribution >= 0.6 is 0 Å². The quantitative estimate of drug-likeness (QED) is 0.510. The monoisotopic (exact) mass is 432 g/mol. The van der Waals surface area contributed by atoms with Gasteiger partial charge in [0.25, 0.3) is 5.91 Å². The van der Waals surface area contributed by atoms with Gasteiger partial charge in [-0.1, -0.05) is 30.3 Å². The van der Waals surface area contributed by atoms with Gasteiger partial charge in [0.1, 0.15) is 0 Å². The van der Waals surface area contributed by atoms with Crippen LogP contribution in [0.5, 0.6) is 0 Å². The maximum absolute atomic E-state index is 13.7.